The van der Waals surface area contributed by atoms with E-state index in [1.54, 1.807) is 61.1 Å². The van der Waals surface area contributed by atoms with Crippen LogP contribution < -0.4 is 9.21 Å². The molecule has 0 atom stereocenters. The number of hydrogen-bond acceptors (Lipinski definition) is 7. The van der Waals surface area contributed by atoms with E-state index in [1.807, 2.05) is 17.0 Å². The van der Waals surface area contributed by atoms with Crippen LogP contribution in [0.3, 0.4) is 0 Å². The minimum Gasteiger partial charge on any atom is -0.338 e. The van der Waals surface area contributed by atoms with Gasteiger partial charge in [0, 0.05) is 45.6 Å². The van der Waals surface area contributed by atoms with E-state index in [-0.39, 0.29) is 17.3 Å². The SMILES string of the molecule is Cc1nn(C)c(C)c1S(=O)(=O)N(CC(=O)N1CCN(c2ncccn2)CC1)c1ccc(C(C)C)cc1. The molecule has 0 N–H and O–H groups in total. The molecule has 0 spiro atoms. The summed E-state index contributed by atoms with van der Waals surface area (Å²) in [5.74, 6) is 0.680. The first-order chi connectivity index (χ1) is 17.1. The summed E-state index contributed by atoms with van der Waals surface area (Å²) in [5.41, 5.74) is 2.48. The first-order valence-corrected chi connectivity index (χ1v) is 13.5. The second-order valence-electron chi connectivity index (χ2n) is 9.30. The van der Waals surface area contributed by atoms with Gasteiger partial charge in [-0.2, -0.15) is 5.10 Å². The molecule has 0 unspecified atom stereocenters. The smallest absolute Gasteiger partial charge is 0.268 e. The zero-order valence-electron chi connectivity index (χ0n) is 21.4. The van der Waals surface area contributed by atoms with Crippen molar-refractivity contribution >= 4 is 27.6 Å². The average molecular weight is 512 g/mol. The fourth-order valence-electron chi connectivity index (χ4n) is 4.41. The number of aryl methyl sites for hydroxylation is 2. The molecule has 0 saturated carbocycles. The Morgan fingerprint density at radius 3 is 2.17 bits per heavy atom. The summed E-state index contributed by atoms with van der Waals surface area (Å²) in [6, 6.07) is 9.12. The monoisotopic (exact) mass is 511 g/mol. The molecule has 36 heavy (non-hydrogen) atoms. The van der Waals surface area contributed by atoms with Crippen molar-refractivity contribution in [2.75, 3.05) is 41.9 Å². The number of aromatic nitrogens is 4. The molecule has 1 saturated heterocycles. The molecule has 1 aromatic carbocycles. The lowest BCUT2D eigenvalue weighted by atomic mass is 10.0. The normalized spacial score (nSPS) is 14.4. The minimum absolute atomic E-state index is 0.136. The molecule has 10 nitrogen and oxygen atoms in total. The van der Waals surface area contributed by atoms with Crippen LogP contribution in [0.1, 0.15) is 36.7 Å². The average Bonchev–Trinajstić information content (AvgIpc) is 3.14. The number of nitrogens with zero attached hydrogens (tertiary/aromatic N) is 7. The molecule has 0 bridgehead atoms. The molecule has 2 aromatic heterocycles. The number of benzene rings is 1. The molecule has 3 heterocycles. The summed E-state index contributed by atoms with van der Waals surface area (Å²) in [6.07, 6.45) is 3.38. The summed E-state index contributed by atoms with van der Waals surface area (Å²) in [7, 11) is -2.33. The number of carbonyl (C=O) groups is 1. The second-order valence-corrected chi connectivity index (χ2v) is 11.1. The van der Waals surface area contributed by atoms with Gasteiger partial charge < -0.3 is 9.80 Å². The lowest BCUT2D eigenvalue weighted by Gasteiger charge is -2.36. The quantitative estimate of drug-likeness (QED) is 0.480. The van der Waals surface area contributed by atoms with Gasteiger partial charge in [-0.3, -0.25) is 13.8 Å². The van der Waals surface area contributed by atoms with Crippen molar-refractivity contribution in [3.05, 3.63) is 59.7 Å². The molecule has 1 amide bonds. The predicted octanol–water partition coefficient (Wildman–Crippen LogP) is 2.49. The van der Waals surface area contributed by atoms with E-state index in [1.165, 1.54) is 4.31 Å². The van der Waals surface area contributed by atoms with Crippen LogP contribution in [-0.4, -0.2) is 71.7 Å². The third-order valence-electron chi connectivity index (χ3n) is 6.58. The number of hydrogen-bond donors (Lipinski definition) is 0. The fourth-order valence-corrected chi connectivity index (χ4v) is 6.23. The standard InChI is InChI=1S/C25H33N7O3S/c1-18(2)21-7-9-22(10-8-21)32(36(34,35)24-19(3)28-29(5)20(24)4)17-23(33)30-13-15-31(16-14-30)25-26-11-6-12-27-25/h6-12,18H,13-17H2,1-5H3. The van der Waals surface area contributed by atoms with Crippen LogP contribution in [0.4, 0.5) is 11.6 Å². The van der Waals surface area contributed by atoms with Crippen molar-refractivity contribution in [2.24, 2.45) is 7.05 Å². The highest BCUT2D eigenvalue weighted by Crippen LogP contribution is 2.29. The van der Waals surface area contributed by atoms with Gasteiger partial charge in [-0.1, -0.05) is 26.0 Å². The van der Waals surface area contributed by atoms with Gasteiger partial charge in [0.1, 0.15) is 11.4 Å². The number of rotatable bonds is 7. The summed E-state index contributed by atoms with van der Waals surface area (Å²) in [5, 5.41) is 4.29. The third-order valence-corrected chi connectivity index (χ3v) is 8.61. The van der Waals surface area contributed by atoms with Gasteiger partial charge in [-0.15, -0.1) is 0 Å². The van der Waals surface area contributed by atoms with Crippen LogP contribution in [-0.2, 0) is 21.9 Å². The zero-order chi connectivity index (χ0) is 26.0. The van der Waals surface area contributed by atoms with E-state index in [4.69, 9.17) is 0 Å². The minimum atomic E-state index is -4.04. The van der Waals surface area contributed by atoms with Crippen molar-refractivity contribution in [1.82, 2.24) is 24.6 Å². The number of carbonyl (C=O) groups excluding carboxylic acids is 1. The Bertz CT molecular complexity index is 1310. The molecule has 1 aliphatic heterocycles. The highest BCUT2D eigenvalue weighted by molar-refractivity contribution is 7.93. The van der Waals surface area contributed by atoms with Gasteiger partial charge in [0.15, 0.2) is 0 Å². The number of anilines is 2. The number of amides is 1. The highest BCUT2D eigenvalue weighted by Gasteiger charge is 2.34. The maximum absolute atomic E-state index is 13.9. The first-order valence-electron chi connectivity index (χ1n) is 12.0. The summed E-state index contributed by atoms with van der Waals surface area (Å²) in [4.78, 5) is 25.8. The Labute approximate surface area is 212 Å². The Morgan fingerprint density at radius 2 is 1.64 bits per heavy atom. The fraction of sp³-hybridized carbons (Fsp3) is 0.440. The summed E-state index contributed by atoms with van der Waals surface area (Å²) < 4.78 is 30.6. The maximum Gasteiger partial charge on any atom is 0.268 e. The Kier molecular flexibility index (Phi) is 7.30. The van der Waals surface area contributed by atoms with Crippen LogP contribution in [0.5, 0.6) is 0 Å². The van der Waals surface area contributed by atoms with Crippen LogP contribution in [0, 0.1) is 13.8 Å². The molecule has 1 aliphatic rings. The van der Waals surface area contributed by atoms with Crippen LogP contribution in [0.2, 0.25) is 0 Å². The molecule has 4 rings (SSSR count). The van der Waals surface area contributed by atoms with Crippen molar-refractivity contribution in [1.29, 1.82) is 0 Å². The zero-order valence-corrected chi connectivity index (χ0v) is 22.2. The maximum atomic E-state index is 13.9. The lowest BCUT2D eigenvalue weighted by molar-refractivity contribution is -0.129. The van der Waals surface area contributed by atoms with E-state index in [9.17, 15) is 13.2 Å². The second kappa shape index (κ2) is 10.3. The van der Waals surface area contributed by atoms with E-state index in [0.717, 1.165) is 5.56 Å². The predicted molar refractivity (Wildman–Crippen MR) is 139 cm³/mol. The Morgan fingerprint density at radius 1 is 1.03 bits per heavy atom. The van der Waals surface area contributed by atoms with Gasteiger partial charge in [-0.25, -0.2) is 18.4 Å². The number of piperazine rings is 1. The molecule has 192 valence electrons. The van der Waals surface area contributed by atoms with Crippen molar-refractivity contribution < 1.29 is 13.2 Å². The molecule has 3 aromatic rings. The highest BCUT2D eigenvalue weighted by atomic mass is 32.2. The van der Waals surface area contributed by atoms with Gasteiger partial charge >= 0.3 is 0 Å². The summed E-state index contributed by atoms with van der Waals surface area (Å²) >= 11 is 0. The molecular weight excluding hydrogens is 478 g/mol. The van der Waals surface area contributed by atoms with E-state index >= 15 is 0 Å². The van der Waals surface area contributed by atoms with Crippen molar-refractivity contribution in [3.8, 4) is 0 Å². The first kappa shape index (κ1) is 25.6. The van der Waals surface area contributed by atoms with Crippen LogP contribution in [0.25, 0.3) is 0 Å². The third kappa shape index (κ3) is 5.06. The number of sulfonamides is 1. The molecule has 0 aliphatic carbocycles. The topological polar surface area (TPSA) is 105 Å². The van der Waals surface area contributed by atoms with Crippen LogP contribution >= 0.6 is 0 Å². The molecule has 1 fully saturated rings. The lowest BCUT2D eigenvalue weighted by Crippen LogP contribution is -2.52. The molecule has 0 radical (unpaired) electrons. The van der Waals surface area contributed by atoms with Crippen molar-refractivity contribution in [2.45, 2.75) is 38.5 Å². The Hall–Kier alpha value is -3.47. The summed E-state index contributed by atoms with van der Waals surface area (Å²) in [6.45, 7) is 9.33. The van der Waals surface area contributed by atoms with Gasteiger partial charge in [0.2, 0.25) is 11.9 Å². The molecular formula is C25H33N7O3S. The van der Waals surface area contributed by atoms with Crippen molar-refractivity contribution in [3.63, 3.8) is 0 Å². The Balaban J connectivity index is 1.60. The van der Waals surface area contributed by atoms with E-state index < -0.39 is 10.0 Å². The van der Waals surface area contributed by atoms with Crippen LogP contribution in [0.15, 0.2) is 47.6 Å². The van der Waals surface area contributed by atoms with Gasteiger partial charge in [0.25, 0.3) is 10.0 Å². The van der Waals surface area contributed by atoms with E-state index in [2.05, 4.69) is 28.9 Å². The van der Waals surface area contributed by atoms with Gasteiger partial charge in [-0.05, 0) is 43.5 Å². The van der Waals surface area contributed by atoms with E-state index in [0.29, 0.717) is 55.1 Å². The largest absolute Gasteiger partial charge is 0.338 e. The van der Waals surface area contributed by atoms with Gasteiger partial charge in [0.05, 0.1) is 17.1 Å². The molecule has 11 heteroatoms.